The zero-order chi connectivity index (χ0) is 33.9. The molecule has 0 saturated carbocycles. The van der Waals surface area contributed by atoms with E-state index in [2.05, 4.69) is 87.4 Å². The zero-order valence-electron chi connectivity index (χ0n) is 28.0. The molecule has 0 aliphatic carbocycles. The van der Waals surface area contributed by atoms with Crippen LogP contribution >= 0.6 is 0 Å². The van der Waals surface area contributed by atoms with Gasteiger partial charge in [-0.25, -0.2) is 14.2 Å². The van der Waals surface area contributed by atoms with Crippen molar-refractivity contribution in [1.29, 1.82) is 0 Å². The van der Waals surface area contributed by atoms with Gasteiger partial charge in [-0.05, 0) is 98.5 Å². The molecule has 1 unspecified atom stereocenters. The van der Waals surface area contributed by atoms with E-state index in [1.54, 1.807) is 25.1 Å². The highest BCUT2D eigenvalue weighted by molar-refractivity contribution is 5.84. The third-order valence-corrected chi connectivity index (χ3v) is 8.99. The van der Waals surface area contributed by atoms with Crippen molar-refractivity contribution in [3.63, 3.8) is 0 Å². The predicted molar refractivity (Wildman–Crippen MR) is 184 cm³/mol. The summed E-state index contributed by atoms with van der Waals surface area (Å²) in [6.07, 6.45) is 0.804. The summed E-state index contributed by atoms with van der Waals surface area (Å²) in [5.74, 6) is 0.998. The number of hydrogen-bond donors (Lipinski definition) is 2. The number of anilines is 4. The SMILES string of the molecule is Cc1nc(-c2ccc(-c3ccc(C)c(C)c3C)c(COC(=O)Nc3ccnc(Nc4ccc(N5CCN(C)C(C)C5)c(F)c4)n3)c2)no1. The van der Waals surface area contributed by atoms with Gasteiger partial charge in [-0.15, -0.1) is 0 Å². The number of carbonyl (C=O) groups excluding carboxylic acids is 1. The number of hydrogen-bond acceptors (Lipinski definition) is 10. The monoisotopic (exact) mass is 650 g/mol. The number of halogens is 1. The molecule has 1 saturated heterocycles. The van der Waals surface area contributed by atoms with Gasteiger partial charge in [0.05, 0.1) is 5.69 Å². The van der Waals surface area contributed by atoms with Crippen LogP contribution in [0.4, 0.5) is 32.3 Å². The number of nitrogens with zero attached hydrogens (tertiary/aromatic N) is 6. The molecule has 0 spiro atoms. The quantitative estimate of drug-likeness (QED) is 0.178. The number of amides is 1. The minimum atomic E-state index is -0.694. The molecule has 1 amide bonds. The summed E-state index contributed by atoms with van der Waals surface area (Å²) >= 11 is 0. The Balaban J connectivity index is 1.15. The Kier molecular flexibility index (Phi) is 9.35. The summed E-state index contributed by atoms with van der Waals surface area (Å²) in [4.78, 5) is 30.3. The predicted octanol–water partition coefficient (Wildman–Crippen LogP) is 7.20. The minimum Gasteiger partial charge on any atom is -0.444 e. The minimum absolute atomic E-state index is 0.0217. The maximum absolute atomic E-state index is 15.1. The average molecular weight is 651 g/mol. The van der Waals surface area contributed by atoms with Crippen LogP contribution in [0, 0.1) is 33.5 Å². The van der Waals surface area contributed by atoms with Crippen LogP contribution in [-0.4, -0.2) is 63.8 Å². The number of piperazine rings is 1. The van der Waals surface area contributed by atoms with Crippen molar-refractivity contribution in [2.75, 3.05) is 42.2 Å². The summed E-state index contributed by atoms with van der Waals surface area (Å²) in [6, 6.07) is 16.8. The number of carbonyl (C=O) groups is 1. The maximum Gasteiger partial charge on any atom is 0.413 e. The summed E-state index contributed by atoms with van der Waals surface area (Å²) in [5.41, 5.74) is 8.09. The first-order valence-corrected chi connectivity index (χ1v) is 15.8. The zero-order valence-corrected chi connectivity index (χ0v) is 28.0. The molecule has 1 aliphatic rings. The van der Waals surface area contributed by atoms with E-state index in [4.69, 9.17) is 9.26 Å². The summed E-state index contributed by atoms with van der Waals surface area (Å²) in [6.45, 7) is 12.5. The highest BCUT2D eigenvalue weighted by Crippen LogP contribution is 2.33. The lowest BCUT2D eigenvalue weighted by Crippen LogP contribution is -2.50. The van der Waals surface area contributed by atoms with E-state index in [9.17, 15) is 4.79 Å². The van der Waals surface area contributed by atoms with Crippen molar-refractivity contribution >= 4 is 29.2 Å². The molecule has 12 heteroatoms. The fourth-order valence-electron chi connectivity index (χ4n) is 5.79. The second kappa shape index (κ2) is 13.8. The van der Waals surface area contributed by atoms with E-state index in [0.717, 1.165) is 47.5 Å². The van der Waals surface area contributed by atoms with Gasteiger partial charge in [-0.3, -0.25) is 5.32 Å². The van der Waals surface area contributed by atoms with E-state index in [1.165, 1.54) is 23.4 Å². The lowest BCUT2D eigenvalue weighted by Gasteiger charge is -2.39. The Labute approximate surface area is 279 Å². The van der Waals surface area contributed by atoms with Crippen molar-refractivity contribution in [3.8, 4) is 22.5 Å². The first-order chi connectivity index (χ1) is 23.0. The van der Waals surface area contributed by atoms with Crippen molar-refractivity contribution < 1.29 is 18.4 Å². The van der Waals surface area contributed by atoms with Crippen LogP contribution in [0.3, 0.4) is 0 Å². The molecule has 1 aliphatic heterocycles. The number of nitrogens with one attached hydrogen (secondary N) is 2. The lowest BCUT2D eigenvalue weighted by atomic mass is 9.91. The Morgan fingerprint density at radius 2 is 1.81 bits per heavy atom. The molecule has 3 aromatic carbocycles. The Morgan fingerprint density at radius 3 is 2.56 bits per heavy atom. The third kappa shape index (κ3) is 7.13. The van der Waals surface area contributed by atoms with Crippen molar-refractivity contribution in [2.45, 2.75) is 47.3 Å². The second-order valence-electron chi connectivity index (χ2n) is 12.2. The lowest BCUT2D eigenvalue weighted by molar-refractivity contribution is 0.155. The highest BCUT2D eigenvalue weighted by Gasteiger charge is 2.23. The maximum atomic E-state index is 15.1. The largest absolute Gasteiger partial charge is 0.444 e. The average Bonchev–Trinajstić information content (AvgIpc) is 3.50. The third-order valence-electron chi connectivity index (χ3n) is 8.99. The first kappa shape index (κ1) is 32.6. The molecule has 2 aromatic heterocycles. The number of benzene rings is 3. The molecular formula is C36H39FN8O3. The van der Waals surface area contributed by atoms with E-state index in [0.29, 0.717) is 29.1 Å². The van der Waals surface area contributed by atoms with Crippen LogP contribution < -0.4 is 15.5 Å². The molecule has 11 nitrogen and oxygen atoms in total. The van der Waals surface area contributed by atoms with Gasteiger partial charge in [0.25, 0.3) is 0 Å². The fraction of sp³-hybridized carbons (Fsp3) is 0.306. The van der Waals surface area contributed by atoms with Crippen LogP contribution in [0.5, 0.6) is 0 Å². The Hall–Kier alpha value is -5.36. The van der Waals surface area contributed by atoms with Gasteiger partial charge in [0.15, 0.2) is 0 Å². The number of rotatable bonds is 8. The molecular weight excluding hydrogens is 611 g/mol. The molecule has 6 rings (SSSR count). The van der Waals surface area contributed by atoms with Crippen LogP contribution in [0.1, 0.15) is 35.1 Å². The van der Waals surface area contributed by atoms with E-state index in [1.807, 2.05) is 18.2 Å². The second-order valence-corrected chi connectivity index (χ2v) is 12.2. The number of likely N-dealkylation sites (N-methyl/N-ethyl adjacent to an activating group) is 1. The van der Waals surface area contributed by atoms with Gasteiger partial charge in [0.2, 0.25) is 17.7 Å². The van der Waals surface area contributed by atoms with Crippen LogP contribution in [-0.2, 0) is 11.3 Å². The summed E-state index contributed by atoms with van der Waals surface area (Å²) in [5, 5.41) is 9.74. The molecule has 1 fully saturated rings. The Morgan fingerprint density at radius 1 is 1.00 bits per heavy atom. The molecule has 0 bridgehead atoms. The molecule has 3 heterocycles. The van der Waals surface area contributed by atoms with Gasteiger partial charge >= 0.3 is 6.09 Å². The molecule has 1 atom stereocenters. The van der Waals surface area contributed by atoms with Crippen molar-refractivity contribution in [1.82, 2.24) is 25.0 Å². The molecule has 48 heavy (non-hydrogen) atoms. The summed E-state index contributed by atoms with van der Waals surface area (Å²) < 4.78 is 26.0. The first-order valence-electron chi connectivity index (χ1n) is 15.8. The molecule has 0 radical (unpaired) electrons. The van der Waals surface area contributed by atoms with Gasteiger partial charge in [0.1, 0.15) is 18.2 Å². The number of aryl methyl sites for hydroxylation is 2. The standard InChI is InChI=1S/C36H39FN8O3/c1-21-7-10-29(24(4)23(21)3)30-11-8-26(34-39-25(5)48-43-34)17-27(30)20-47-36(46)42-33-13-14-38-35(41-33)40-28-9-12-32(31(37)18-28)45-16-15-44(6)22(2)19-45/h7-14,17-18,22H,15-16,19-20H2,1-6H3,(H2,38,40,41,42,46). The molecule has 5 aromatic rings. The van der Waals surface area contributed by atoms with Gasteiger partial charge in [-0.2, -0.15) is 9.97 Å². The van der Waals surface area contributed by atoms with E-state index >= 15 is 4.39 Å². The van der Waals surface area contributed by atoms with Gasteiger partial charge < -0.3 is 24.4 Å². The topological polar surface area (TPSA) is 122 Å². The van der Waals surface area contributed by atoms with Gasteiger partial charge in [-0.1, -0.05) is 29.4 Å². The van der Waals surface area contributed by atoms with Crippen molar-refractivity contribution in [3.05, 3.63) is 94.8 Å². The van der Waals surface area contributed by atoms with Crippen molar-refractivity contribution in [2.24, 2.45) is 0 Å². The summed E-state index contributed by atoms with van der Waals surface area (Å²) in [7, 11) is 2.08. The van der Waals surface area contributed by atoms with Crippen LogP contribution in [0.25, 0.3) is 22.5 Å². The Bertz CT molecular complexity index is 1960. The fourth-order valence-corrected chi connectivity index (χ4v) is 5.79. The highest BCUT2D eigenvalue weighted by atomic mass is 19.1. The molecule has 248 valence electrons. The smallest absolute Gasteiger partial charge is 0.413 e. The van der Waals surface area contributed by atoms with Crippen LogP contribution in [0.2, 0.25) is 0 Å². The van der Waals surface area contributed by atoms with Crippen LogP contribution in [0.15, 0.2) is 65.3 Å². The normalized spacial score (nSPS) is 15.0. The molecule has 2 N–H and O–H groups in total. The van der Waals surface area contributed by atoms with E-state index < -0.39 is 6.09 Å². The number of aromatic nitrogens is 4. The van der Waals surface area contributed by atoms with E-state index in [-0.39, 0.29) is 24.2 Å². The number of ether oxygens (including phenoxy) is 1. The van der Waals surface area contributed by atoms with Gasteiger partial charge in [0, 0.05) is 50.0 Å².